The van der Waals surface area contributed by atoms with Gasteiger partial charge in [0, 0.05) is 0 Å². The van der Waals surface area contributed by atoms with Crippen LogP contribution in [-0.2, 0) is 20.2 Å². The molecule has 1 aromatic carbocycles. The Morgan fingerprint density at radius 1 is 1.06 bits per heavy atom. The standard InChI is InChI=1S/C8H10NO2S.Na.H2O4S/c1-2-12(10,11)8-5-3-7(9)4-6-8;;1-5(2,3)4/h3-6H,1-2,9H2;;(H2,1,2,3,4). The first-order valence-electron chi connectivity index (χ1n) is 4.84. The van der Waals surface area contributed by atoms with E-state index in [0.29, 0.717) is 10.6 Å². The molecule has 98 valence electrons. The Morgan fingerprint density at radius 3 is 1.78 bits per heavy atom. The molecule has 0 atom stereocenters. The van der Waals surface area contributed by atoms with Gasteiger partial charge < -0.3 is 0 Å². The van der Waals surface area contributed by atoms with E-state index in [9.17, 15) is 8.42 Å². The van der Waals surface area contributed by atoms with E-state index in [0.717, 1.165) is 31.6 Å². The first kappa shape index (κ1) is 17.8. The smallest absolute Gasteiger partial charge is 0.264 e. The number of nitrogens with two attached hydrogens (primary N) is 1. The van der Waals surface area contributed by atoms with Crippen LogP contribution in [0.15, 0.2) is 29.2 Å². The zero-order chi connectivity index (χ0) is 14.4. The average molecular weight is 305 g/mol. The van der Waals surface area contributed by atoms with Gasteiger partial charge in [0.15, 0.2) is 0 Å². The van der Waals surface area contributed by atoms with Gasteiger partial charge in [-0.2, -0.15) is 8.42 Å². The van der Waals surface area contributed by atoms with Crippen molar-refractivity contribution in [1.29, 1.82) is 0 Å². The molecular formula is C8H12NNaO6S2. The van der Waals surface area contributed by atoms with E-state index in [2.05, 4.69) is 0 Å². The summed E-state index contributed by atoms with van der Waals surface area (Å²) in [5.74, 6) is 0.253. The van der Waals surface area contributed by atoms with Crippen molar-refractivity contribution in [2.45, 2.75) is 8.57 Å². The van der Waals surface area contributed by atoms with Crippen molar-refractivity contribution in [3.8, 4) is 0 Å². The Kier molecular flexibility index (Phi) is 7.37. The van der Waals surface area contributed by atoms with E-state index in [1.807, 2.05) is 0 Å². The molecule has 7 nitrogen and oxygen atoms in total. The largest absolute Gasteiger partial charge is 0.394 e. The summed E-state index contributed by atoms with van der Waals surface area (Å²) in [6, 6.07) is 6.34. The summed E-state index contributed by atoms with van der Waals surface area (Å²) in [4.78, 5) is 0.373. The van der Waals surface area contributed by atoms with Crippen molar-refractivity contribution >= 4 is 53.9 Å². The minimum atomic E-state index is -4.67. The predicted octanol–water partition coefficient (Wildman–Crippen LogP) is -0.0235. The molecule has 1 aromatic rings. The van der Waals surface area contributed by atoms with Crippen LogP contribution in [-0.4, -0.2) is 59.6 Å². The minimum absolute atomic E-state index is 0.253. The monoisotopic (exact) mass is 305 g/mol. The van der Waals surface area contributed by atoms with Crippen molar-refractivity contribution in [2.24, 2.45) is 0 Å². The third kappa shape index (κ3) is 8.86. The van der Waals surface area contributed by atoms with Gasteiger partial charge in [0.2, 0.25) is 0 Å². The molecule has 4 N–H and O–H groups in total. The molecule has 0 aliphatic rings. The molecule has 18 heavy (non-hydrogen) atoms. The molecule has 0 amide bonds. The van der Waals surface area contributed by atoms with Crippen molar-refractivity contribution in [3.05, 3.63) is 24.3 Å². The number of hydrogen-bond acceptors (Lipinski definition) is 5. The van der Waals surface area contributed by atoms with Crippen LogP contribution < -0.4 is 5.73 Å². The van der Waals surface area contributed by atoms with E-state index in [-0.39, 0.29) is 5.75 Å². The van der Waals surface area contributed by atoms with Crippen LogP contribution in [0, 0.1) is 0 Å². The van der Waals surface area contributed by atoms with Crippen LogP contribution in [0.2, 0.25) is 3.67 Å². The SMILES string of the molecule is Nc1ccc(S(=O)(=O)C[CH2][Na])cc1.O=S(=O)(O)O. The number of hydrogen-bond donors (Lipinski definition) is 3. The van der Waals surface area contributed by atoms with Gasteiger partial charge in [-0.25, -0.2) is 0 Å². The molecule has 0 saturated heterocycles. The topological polar surface area (TPSA) is 135 Å². The van der Waals surface area contributed by atoms with Gasteiger partial charge in [-0.1, -0.05) is 0 Å². The van der Waals surface area contributed by atoms with Crippen LogP contribution in [0.3, 0.4) is 0 Å². The van der Waals surface area contributed by atoms with E-state index in [1.54, 1.807) is 24.3 Å². The zero-order valence-electron chi connectivity index (χ0n) is 9.64. The number of rotatable bonds is 3. The van der Waals surface area contributed by atoms with Gasteiger partial charge >= 0.3 is 107 Å². The van der Waals surface area contributed by atoms with Crippen LogP contribution in [0.4, 0.5) is 5.69 Å². The van der Waals surface area contributed by atoms with Gasteiger partial charge in [-0.3, -0.25) is 9.11 Å². The van der Waals surface area contributed by atoms with E-state index in [4.69, 9.17) is 23.3 Å². The van der Waals surface area contributed by atoms with E-state index >= 15 is 0 Å². The first-order valence-corrected chi connectivity index (χ1v) is 9.31. The molecule has 0 spiro atoms. The third-order valence-corrected chi connectivity index (χ3v) is 4.87. The molecule has 0 bridgehead atoms. The Morgan fingerprint density at radius 2 is 1.44 bits per heavy atom. The maximum absolute atomic E-state index is 11.5. The third-order valence-electron chi connectivity index (χ3n) is 1.71. The molecule has 0 radical (unpaired) electrons. The quantitative estimate of drug-likeness (QED) is 0.405. The summed E-state index contributed by atoms with van der Waals surface area (Å²) in [7, 11) is -7.71. The molecule has 0 fully saturated rings. The predicted molar refractivity (Wildman–Crippen MR) is 67.6 cm³/mol. The number of anilines is 1. The molecule has 0 aromatic heterocycles. The Balaban J connectivity index is 0.000000494. The zero-order valence-corrected chi connectivity index (χ0v) is 13.3. The fourth-order valence-corrected chi connectivity index (χ4v) is 4.00. The van der Waals surface area contributed by atoms with Crippen molar-refractivity contribution in [2.75, 3.05) is 11.5 Å². The maximum atomic E-state index is 11.5. The van der Waals surface area contributed by atoms with Crippen molar-refractivity contribution in [3.63, 3.8) is 0 Å². The summed E-state index contributed by atoms with van der Waals surface area (Å²) in [6.45, 7) is 0. The summed E-state index contributed by atoms with van der Waals surface area (Å²) < 4.78 is 55.4. The molecule has 0 aliphatic heterocycles. The second-order valence-corrected chi connectivity index (χ2v) is 7.34. The summed E-state index contributed by atoms with van der Waals surface area (Å²) in [5.41, 5.74) is 6.04. The molecule has 0 heterocycles. The number of nitrogen functional groups attached to an aromatic ring is 1. The summed E-state index contributed by atoms with van der Waals surface area (Å²) >= 11 is 0.915. The Hall–Kier alpha value is -0.160. The molecule has 1 rings (SSSR count). The average Bonchev–Trinajstić information content (AvgIpc) is 2.15. The normalized spacial score (nSPS) is 11.6. The van der Waals surface area contributed by atoms with Crippen molar-refractivity contribution < 1.29 is 25.9 Å². The Bertz CT molecular complexity index is 558. The second kappa shape index (κ2) is 7.43. The molecule has 0 aliphatic carbocycles. The summed E-state index contributed by atoms with van der Waals surface area (Å²) in [5, 5.41) is 0. The van der Waals surface area contributed by atoms with Crippen LogP contribution >= 0.6 is 0 Å². The molecule has 0 saturated carbocycles. The molecule has 10 heteroatoms. The van der Waals surface area contributed by atoms with E-state index in [1.165, 1.54) is 0 Å². The minimum Gasteiger partial charge on any atom is -0.264 e. The number of sulfone groups is 1. The number of benzene rings is 1. The molecule has 0 unspecified atom stereocenters. The van der Waals surface area contributed by atoms with Crippen LogP contribution in [0.25, 0.3) is 0 Å². The fraction of sp³-hybridized carbons (Fsp3) is 0.250. The van der Waals surface area contributed by atoms with Gasteiger partial charge in [0.25, 0.3) is 0 Å². The maximum Gasteiger partial charge on any atom is 0.394 e. The van der Waals surface area contributed by atoms with Crippen molar-refractivity contribution in [1.82, 2.24) is 0 Å². The van der Waals surface area contributed by atoms with Crippen LogP contribution in [0.1, 0.15) is 0 Å². The first-order chi connectivity index (χ1) is 8.06. The van der Waals surface area contributed by atoms with Gasteiger partial charge in [-0.05, 0) is 0 Å². The van der Waals surface area contributed by atoms with E-state index < -0.39 is 20.2 Å². The second-order valence-electron chi connectivity index (χ2n) is 3.34. The fourth-order valence-electron chi connectivity index (χ4n) is 1.06. The van der Waals surface area contributed by atoms with Gasteiger partial charge in [0.05, 0.1) is 0 Å². The molecular weight excluding hydrogens is 293 g/mol. The Labute approximate surface area is 123 Å². The van der Waals surface area contributed by atoms with Gasteiger partial charge in [-0.15, -0.1) is 0 Å². The van der Waals surface area contributed by atoms with Gasteiger partial charge in [0.1, 0.15) is 0 Å². The van der Waals surface area contributed by atoms with Crippen LogP contribution in [0.5, 0.6) is 0 Å². The summed E-state index contributed by atoms with van der Waals surface area (Å²) in [6.07, 6.45) is 0.